The summed E-state index contributed by atoms with van der Waals surface area (Å²) in [5, 5.41) is 9.41. The number of unbranched alkanes of at least 4 members (excludes halogenated alkanes) is 2. The van der Waals surface area contributed by atoms with Crippen LogP contribution >= 0.6 is 0 Å². The number of ether oxygens (including phenoxy) is 3. The van der Waals surface area contributed by atoms with Crippen molar-refractivity contribution in [2.75, 3.05) is 77.1 Å². The van der Waals surface area contributed by atoms with Crippen LogP contribution in [0.1, 0.15) is 46.5 Å². The summed E-state index contributed by atoms with van der Waals surface area (Å²) >= 11 is 0. The maximum atomic E-state index is 14.8. The van der Waals surface area contributed by atoms with Crippen molar-refractivity contribution >= 4 is 23.4 Å². The van der Waals surface area contributed by atoms with Crippen LogP contribution in [0.15, 0.2) is 49.6 Å². The third kappa shape index (κ3) is 6.66. The molecule has 4 aliphatic heterocycles. The highest BCUT2D eigenvalue weighted by molar-refractivity contribution is 6.03. The predicted molar refractivity (Wildman–Crippen MR) is 184 cm³/mol. The molecule has 11 heteroatoms. The number of aliphatic hydroxyl groups is 1. The van der Waals surface area contributed by atoms with Crippen LogP contribution in [0.25, 0.3) is 0 Å². The van der Waals surface area contributed by atoms with E-state index in [2.05, 4.69) is 25.0 Å². The number of hydrogen-bond donors (Lipinski definition) is 1. The van der Waals surface area contributed by atoms with Crippen LogP contribution in [0, 0.1) is 17.8 Å². The number of likely N-dealkylation sites (tertiary alicyclic amines) is 1. The summed E-state index contributed by atoms with van der Waals surface area (Å²) in [6.07, 6.45) is 5.87. The van der Waals surface area contributed by atoms with E-state index in [-0.39, 0.29) is 36.8 Å². The highest BCUT2D eigenvalue weighted by Gasteiger charge is 2.80. The highest BCUT2D eigenvalue weighted by Crippen LogP contribution is 2.65. The van der Waals surface area contributed by atoms with Gasteiger partial charge in [-0.15, -0.1) is 13.2 Å². The molecule has 4 saturated heterocycles. The van der Waals surface area contributed by atoms with Gasteiger partial charge in [-0.1, -0.05) is 19.1 Å². The van der Waals surface area contributed by atoms with Crippen LogP contribution in [0.5, 0.6) is 5.75 Å². The van der Waals surface area contributed by atoms with Crippen LogP contribution in [0.2, 0.25) is 0 Å². The third-order valence-electron chi connectivity index (χ3n) is 10.9. The van der Waals surface area contributed by atoms with E-state index in [4.69, 9.17) is 14.2 Å². The largest absolute Gasteiger partial charge is 0.494 e. The molecule has 6 atom stereocenters. The molecular weight excluding hydrogens is 612 g/mol. The number of morpholine rings is 1. The Balaban J connectivity index is 1.50. The van der Waals surface area contributed by atoms with E-state index in [1.807, 2.05) is 38.1 Å². The first-order valence-electron chi connectivity index (χ1n) is 17.6. The van der Waals surface area contributed by atoms with E-state index in [1.165, 1.54) is 0 Å². The molecule has 0 aromatic heterocycles. The Hall–Kier alpha value is -3.25. The number of benzene rings is 1. The van der Waals surface area contributed by atoms with E-state index in [9.17, 15) is 19.5 Å². The summed E-state index contributed by atoms with van der Waals surface area (Å²) in [5.74, 6) is -1.55. The number of fused-ring (bicyclic) bond motifs is 1. The molecule has 0 saturated carbocycles. The van der Waals surface area contributed by atoms with E-state index < -0.39 is 29.1 Å². The van der Waals surface area contributed by atoms with Crippen molar-refractivity contribution in [1.82, 2.24) is 14.7 Å². The molecule has 3 unspecified atom stereocenters. The minimum absolute atomic E-state index is 0.0672. The van der Waals surface area contributed by atoms with Gasteiger partial charge in [0.25, 0.3) is 0 Å². The molecule has 264 valence electrons. The molecule has 1 aromatic rings. The number of anilines is 1. The molecule has 1 spiro atoms. The first-order valence-corrected chi connectivity index (χ1v) is 17.6. The van der Waals surface area contributed by atoms with Gasteiger partial charge in [0.15, 0.2) is 0 Å². The number of hydrogen-bond acceptors (Lipinski definition) is 8. The maximum Gasteiger partial charge on any atom is 0.248 e. The van der Waals surface area contributed by atoms with Crippen molar-refractivity contribution in [2.45, 2.75) is 63.7 Å². The molecule has 4 heterocycles. The fourth-order valence-corrected chi connectivity index (χ4v) is 8.42. The minimum Gasteiger partial charge on any atom is -0.494 e. The Morgan fingerprint density at radius 1 is 1.06 bits per heavy atom. The number of carbonyl (C=O) groups is 3. The van der Waals surface area contributed by atoms with E-state index >= 15 is 0 Å². The van der Waals surface area contributed by atoms with Gasteiger partial charge in [0.2, 0.25) is 17.7 Å². The molecule has 4 fully saturated rings. The molecule has 2 bridgehead atoms. The topological polar surface area (TPSA) is 112 Å². The lowest BCUT2D eigenvalue weighted by Crippen LogP contribution is -2.57. The number of amides is 3. The average Bonchev–Trinajstić information content (AvgIpc) is 3.60. The zero-order chi connectivity index (χ0) is 34.5. The van der Waals surface area contributed by atoms with Crippen LogP contribution < -0.4 is 9.64 Å². The van der Waals surface area contributed by atoms with Gasteiger partial charge in [0.05, 0.1) is 37.3 Å². The monoisotopic (exact) mass is 666 g/mol. The van der Waals surface area contributed by atoms with Crippen molar-refractivity contribution in [2.24, 2.45) is 17.8 Å². The minimum atomic E-state index is -1.14. The standard InChI is InChI=1S/C37H54N4O7/c1-6-16-39(20-19-38-21-24-46-25-22-38)35(45)32-37-26-27(4)36(5,48-37)30(31(37)34(44)41(32)18-10-9-11-23-42)33(43)40(17-7-2)28-12-14-29(15-13-28)47-8-3/h6-7,12-15,27,30-32,42H,1-2,8-11,16-26H2,3-5H3/t27?,30-,31+,32?,36+,37?/m1/s1. The second kappa shape index (κ2) is 15.5. The second-order valence-corrected chi connectivity index (χ2v) is 13.7. The Morgan fingerprint density at radius 3 is 2.42 bits per heavy atom. The fraction of sp³-hybridized carbons (Fsp3) is 0.649. The Kier molecular flexibility index (Phi) is 11.7. The molecule has 1 N–H and O–H groups in total. The molecule has 0 aliphatic carbocycles. The lowest BCUT2D eigenvalue weighted by molar-refractivity contribution is -0.152. The Labute approximate surface area is 285 Å². The van der Waals surface area contributed by atoms with E-state index in [1.54, 1.807) is 26.9 Å². The lowest BCUT2D eigenvalue weighted by atomic mass is 9.62. The molecule has 3 amide bonds. The number of nitrogens with zero attached hydrogens (tertiary/aromatic N) is 4. The van der Waals surface area contributed by atoms with Gasteiger partial charge < -0.3 is 34.0 Å². The zero-order valence-corrected chi connectivity index (χ0v) is 29.0. The summed E-state index contributed by atoms with van der Waals surface area (Å²) in [5.41, 5.74) is -1.41. The van der Waals surface area contributed by atoms with Crippen molar-refractivity contribution in [3.8, 4) is 5.75 Å². The summed E-state index contributed by atoms with van der Waals surface area (Å²) in [6.45, 7) is 19.4. The smallest absolute Gasteiger partial charge is 0.248 e. The van der Waals surface area contributed by atoms with Crippen molar-refractivity contribution in [3.63, 3.8) is 0 Å². The molecule has 0 radical (unpaired) electrons. The molecule has 1 aromatic carbocycles. The molecule has 5 rings (SSSR count). The Morgan fingerprint density at radius 2 is 1.77 bits per heavy atom. The second-order valence-electron chi connectivity index (χ2n) is 13.7. The first-order chi connectivity index (χ1) is 23.2. The lowest BCUT2D eigenvalue weighted by Gasteiger charge is -2.39. The van der Waals surface area contributed by atoms with Crippen LogP contribution in [-0.4, -0.2) is 127 Å². The van der Waals surface area contributed by atoms with Gasteiger partial charge in [-0.3, -0.25) is 19.3 Å². The van der Waals surface area contributed by atoms with Crippen LogP contribution in [0.3, 0.4) is 0 Å². The summed E-state index contributed by atoms with van der Waals surface area (Å²) in [6, 6.07) is 6.49. The molecule has 48 heavy (non-hydrogen) atoms. The van der Waals surface area contributed by atoms with Gasteiger partial charge in [-0.25, -0.2) is 0 Å². The maximum absolute atomic E-state index is 14.8. The SMILES string of the molecule is C=CCN(CCN1CCOCC1)C(=O)C1N(CCCCCO)C(=O)[C@@H]2[C@H](C(=O)N(CC=C)c3ccc(OCC)cc3)[C@@]3(C)OC12CC3C. The number of rotatable bonds is 17. The Bertz CT molecular complexity index is 1320. The normalized spacial score (nSPS) is 29.5. The van der Waals surface area contributed by atoms with Gasteiger partial charge >= 0.3 is 0 Å². The van der Waals surface area contributed by atoms with Gasteiger partial charge in [-0.05, 0) is 69.7 Å². The average molecular weight is 667 g/mol. The zero-order valence-electron chi connectivity index (χ0n) is 29.0. The quantitative estimate of drug-likeness (QED) is 0.200. The molecule has 11 nitrogen and oxygen atoms in total. The van der Waals surface area contributed by atoms with Crippen LogP contribution in [0.4, 0.5) is 5.69 Å². The molecule has 4 aliphatic rings. The van der Waals surface area contributed by atoms with E-state index in [0.717, 1.165) is 13.1 Å². The fourth-order valence-electron chi connectivity index (χ4n) is 8.42. The summed E-state index contributed by atoms with van der Waals surface area (Å²) in [7, 11) is 0. The van der Waals surface area contributed by atoms with Gasteiger partial charge in [0.1, 0.15) is 17.4 Å². The molecular formula is C37H54N4O7. The highest BCUT2D eigenvalue weighted by atomic mass is 16.5. The van der Waals surface area contributed by atoms with E-state index in [0.29, 0.717) is 83.1 Å². The van der Waals surface area contributed by atoms with Crippen molar-refractivity contribution < 1.29 is 33.7 Å². The number of aliphatic hydroxyl groups excluding tert-OH is 1. The van der Waals surface area contributed by atoms with Crippen molar-refractivity contribution in [3.05, 3.63) is 49.6 Å². The summed E-state index contributed by atoms with van der Waals surface area (Å²) < 4.78 is 18.2. The van der Waals surface area contributed by atoms with Crippen LogP contribution in [-0.2, 0) is 23.9 Å². The van der Waals surface area contributed by atoms with Gasteiger partial charge in [0, 0.05) is 58.1 Å². The van der Waals surface area contributed by atoms with Crippen molar-refractivity contribution in [1.29, 1.82) is 0 Å². The first kappa shape index (κ1) is 36.0. The number of carbonyl (C=O) groups excluding carboxylic acids is 3. The third-order valence-corrected chi connectivity index (χ3v) is 10.9. The summed E-state index contributed by atoms with van der Waals surface area (Å²) in [4.78, 5) is 51.8. The predicted octanol–water partition coefficient (Wildman–Crippen LogP) is 3.12. The van der Waals surface area contributed by atoms with Gasteiger partial charge in [-0.2, -0.15) is 0 Å².